The average molecular weight is 372 g/mol. The fourth-order valence-electron chi connectivity index (χ4n) is 2.99. The Labute approximate surface area is 157 Å². The van der Waals surface area contributed by atoms with Gasteiger partial charge >= 0.3 is 0 Å². The summed E-state index contributed by atoms with van der Waals surface area (Å²) in [6.07, 6.45) is 1.16. The number of amides is 1. The molecule has 0 atom stereocenters. The first-order valence-electron chi connectivity index (χ1n) is 8.55. The van der Waals surface area contributed by atoms with Crippen LogP contribution in [0, 0.1) is 0 Å². The number of hydrogen-bond donors (Lipinski definition) is 1. The molecule has 5 nitrogen and oxygen atoms in total. The molecule has 0 bridgehead atoms. The number of halogens is 1. The maximum Gasteiger partial charge on any atom is 0.224 e. The van der Waals surface area contributed by atoms with Gasteiger partial charge in [-0.2, -0.15) is 0 Å². The molecule has 0 saturated heterocycles. The molecule has 0 radical (unpaired) electrons. The normalized spacial score (nSPS) is 10.9. The number of nitrogens with one attached hydrogen (secondary N) is 1. The number of fused-ring (bicyclic) bond motifs is 1. The summed E-state index contributed by atoms with van der Waals surface area (Å²) in [4.78, 5) is 16.9. The van der Waals surface area contributed by atoms with Crippen molar-refractivity contribution in [1.82, 2.24) is 14.9 Å². The van der Waals surface area contributed by atoms with E-state index in [-0.39, 0.29) is 12.3 Å². The van der Waals surface area contributed by atoms with Crippen molar-refractivity contribution in [3.8, 4) is 5.75 Å². The molecular formula is C20H22ClN3O2. The van der Waals surface area contributed by atoms with Crippen molar-refractivity contribution in [2.75, 3.05) is 7.11 Å². The van der Waals surface area contributed by atoms with E-state index in [0.717, 1.165) is 34.4 Å². The van der Waals surface area contributed by atoms with Gasteiger partial charge in [0.15, 0.2) is 0 Å². The number of carbonyl (C=O) groups excluding carboxylic acids is 1. The van der Waals surface area contributed by atoms with Crippen LogP contribution in [0.2, 0.25) is 5.02 Å². The summed E-state index contributed by atoms with van der Waals surface area (Å²) in [7, 11) is 3.59. The van der Waals surface area contributed by atoms with Gasteiger partial charge in [-0.25, -0.2) is 4.98 Å². The molecule has 1 aromatic heterocycles. The fourth-order valence-corrected chi connectivity index (χ4v) is 3.27. The quantitative estimate of drug-likeness (QED) is 0.719. The number of aromatic nitrogens is 2. The summed E-state index contributed by atoms with van der Waals surface area (Å²) < 4.78 is 7.23. The third-order valence-electron chi connectivity index (χ3n) is 4.42. The number of hydrogen-bond acceptors (Lipinski definition) is 3. The van der Waals surface area contributed by atoms with Gasteiger partial charge in [-0.1, -0.05) is 30.7 Å². The molecular weight excluding hydrogens is 350 g/mol. The Morgan fingerprint density at radius 2 is 2.00 bits per heavy atom. The molecule has 3 aromatic rings. The van der Waals surface area contributed by atoms with Crippen LogP contribution in [0.15, 0.2) is 36.4 Å². The minimum absolute atomic E-state index is 0.0541. The standard InChI is InChI=1S/C20H22ClN3O2/c1-4-19-23-16-10-14(5-7-17(16)24(19)2)12-22-20(25)11-13-6-8-18(26-3)15(21)9-13/h5-10H,4,11-12H2,1-3H3,(H,22,25). The van der Waals surface area contributed by atoms with Crippen LogP contribution in [-0.4, -0.2) is 22.6 Å². The molecule has 6 heteroatoms. The van der Waals surface area contributed by atoms with Crippen LogP contribution in [0.1, 0.15) is 23.9 Å². The summed E-state index contributed by atoms with van der Waals surface area (Å²) >= 11 is 6.10. The number of carbonyl (C=O) groups is 1. The van der Waals surface area contributed by atoms with E-state index in [1.807, 2.05) is 31.3 Å². The van der Waals surface area contributed by atoms with Gasteiger partial charge in [-0.05, 0) is 35.4 Å². The number of aryl methyl sites for hydroxylation is 2. The Balaban J connectivity index is 1.64. The number of ether oxygens (including phenoxy) is 1. The lowest BCUT2D eigenvalue weighted by atomic mass is 10.1. The van der Waals surface area contributed by atoms with Crippen LogP contribution >= 0.6 is 11.6 Å². The van der Waals surface area contributed by atoms with E-state index in [0.29, 0.717) is 17.3 Å². The van der Waals surface area contributed by atoms with E-state index < -0.39 is 0 Å². The smallest absolute Gasteiger partial charge is 0.224 e. The molecule has 1 amide bonds. The molecule has 3 rings (SSSR count). The Bertz CT molecular complexity index is 950. The van der Waals surface area contributed by atoms with Crippen LogP contribution in [0.4, 0.5) is 0 Å². The van der Waals surface area contributed by atoms with Gasteiger partial charge in [-0.3, -0.25) is 4.79 Å². The summed E-state index contributed by atoms with van der Waals surface area (Å²) in [6.45, 7) is 2.56. The third kappa shape index (κ3) is 3.83. The van der Waals surface area contributed by atoms with Gasteiger partial charge in [0.25, 0.3) is 0 Å². The van der Waals surface area contributed by atoms with Crippen molar-refractivity contribution in [3.05, 3.63) is 58.4 Å². The summed E-state index contributed by atoms with van der Waals surface area (Å²) in [5.74, 6) is 1.60. The van der Waals surface area contributed by atoms with E-state index >= 15 is 0 Å². The van der Waals surface area contributed by atoms with Crippen molar-refractivity contribution in [2.24, 2.45) is 7.05 Å². The molecule has 136 valence electrons. The molecule has 0 spiro atoms. The highest BCUT2D eigenvalue weighted by Crippen LogP contribution is 2.25. The number of nitrogens with zero attached hydrogens (tertiary/aromatic N) is 2. The molecule has 0 aliphatic rings. The zero-order valence-electron chi connectivity index (χ0n) is 15.2. The molecule has 0 aliphatic carbocycles. The summed E-state index contributed by atoms with van der Waals surface area (Å²) in [5.41, 5.74) is 3.93. The van der Waals surface area contributed by atoms with E-state index in [1.165, 1.54) is 0 Å². The van der Waals surface area contributed by atoms with E-state index in [9.17, 15) is 4.79 Å². The molecule has 0 saturated carbocycles. The van der Waals surface area contributed by atoms with Crippen molar-refractivity contribution in [2.45, 2.75) is 26.3 Å². The predicted molar refractivity (Wildman–Crippen MR) is 104 cm³/mol. The molecule has 26 heavy (non-hydrogen) atoms. The Morgan fingerprint density at radius 1 is 1.23 bits per heavy atom. The fraction of sp³-hybridized carbons (Fsp3) is 0.300. The van der Waals surface area contributed by atoms with E-state index in [4.69, 9.17) is 16.3 Å². The number of methoxy groups -OCH3 is 1. The van der Waals surface area contributed by atoms with Crippen LogP contribution < -0.4 is 10.1 Å². The summed E-state index contributed by atoms with van der Waals surface area (Å²) in [5, 5.41) is 3.45. The lowest BCUT2D eigenvalue weighted by Crippen LogP contribution is -2.24. The first-order valence-corrected chi connectivity index (χ1v) is 8.93. The maximum absolute atomic E-state index is 12.2. The number of benzene rings is 2. The SMILES string of the molecule is CCc1nc2cc(CNC(=O)Cc3ccc(OC)c(Cl)c3)ccc2n1C. The van der Waals surface area contributed by atoms with Crippen molar-refractivity contribution < 1.29 is 9.53 Å². The lowest BCUT2D eigenvalue weighted by Gasteiger charge is -2.08. The highest BCUT2D eigenvalue weighted by molar-refractivity contribution is 6.32. The van der Waals surface area contributed by atoms with Gasteiger partial charge in [0, 0.05) is 20.0 Å². The van der Waals surface area contributed by atoms with Crippen molar-refractivity contribution in [3.63, 3.8) is 0 Å². The minimum Gasteiger partial charge on any atom is -0.495 e. The van der Waals surface area contributed by atoms with Crippen molar-refractivity contribution >= 4 is 28.5 Å². The largest absolute Gasteiger partial charge is 0.495 e. The van der Waals surface area contributed by atoms with Gasteiger partial charge in [0.1, 0.15) is 11.6 Å². The number of rotatable bonds is 6. The van der Waals surface area contributed by atoms with Crippen molar-refractivity contribution in [1.29, 1.82) is 0 Å². The van der Waals surface area contributed by atoms with E-state index in [1.54, 1.807) is 19.2 Å². The van der Waals surface area contributed by atoms with Gasteiger partial charge in [0.05, 0.1) is 29.6 Å². The predicted octanol–water partition coefficient (Wildman–Crippen LogP) is 3.66. The van der Waals surface area contributed by atoms with Crippen LogP contribution in [0.3, 0.4) is 0 Å². The first-order chi connectivity index (χ1) is 12.5. The molecule has 1 heterocycles. The topological polar surface area (TPSA) is 56.1 Å². The second-order valence-electron chi connectivity index (χ2n) is 6.19. The van der Waals surface area contributed by atoms with Gasteiger partial charge < -0.3 is 14.6 Å². The minimum atomic E-state index is -0.0541. The zero-order valence-corrected chi connectivity index (χ0v) is 15.9. The average Bonchev–Trinajstić information content (AvgIpc) is 2.95. The van der Waals surface area contributed by atoms with E-state index in [2.05, 4.69) is 21.8 Å². The zero-order chi connectivity index (χ0) is 18.7. The van der Waals surface area contributed by atoms with Crippen LogP contribution in [0.5, 0.6) is 5.75 Å². The highest BCUT2D eigenvalue weighted by Gasteiger charge is 2.09. The number of imidazole rings is 1. The lowest BCUT2D eigenvalue weighted by molar-refractivity contribution is -0.120. The second-order valence-corrected chi connectivity index (χ2v) is 6.59. The van der Waals surface area contributed by atoms with Crippen LogP contribution in [0.25, 0.3) is 11.0 Å². The monoisotopic (exact) mass is 371 g/mol. The second kappa shape index (κ2) is 7.79. The molecule has 0 aliphatic heterocycles. The Morgan fingerprint density at radius 3 is 2.69 bits per heavy atom. The molecule has 1 N–H and O–H groups in total. The highest BCUT2D eigenvalue weighted by atomic mass is 35.5. The first kappa shape index (κ1) is 18.3. The third-order valence-corrected chi connectivity index (χ3v) is 4.72. The molecule has 2 aromatic carbocycles. The molecule has 0 fully saturated rings. The Kier molecular flexibility index (Phi) is 5.47. The van der Waals surface area contributed by atoms with Crippen LogP contribution in [-0.2, 0) is 31.2 Å². The van der Waals surface area contributed by atoms with Gasteiger partial charge in [0.2, 0.25) is 5.91 Å². The summed E-state index contributed by atoms with van der Waals surface area (Å²) in [6, 6.07) is 11.5. The molecule has 0 unspecified atom stereocenters. The Hall–Kier alpha value is -2.53. The van der Waals surface area contributed by atoms with Gasteiger partial charge in [-0.15, -0.1) is 0 Å². The maximum atomic E-state index is 12.2.